The van der Waals surface area contributed by atoms with E-state index in [2.05, 4.69) is 13.0 Å². The molecule has 2 N–H and O–H groups in total. The van der Waals surface area contributed by atoms with E-state index in [-0.39, 0.29) is 11.3 Å². The fourth-order valence-electron chi connectivity index (χ4n) is 2.02. The molecule has 0 bridgehead atoms. The number of nitrogens with two attached hydrogens (primary N) is 1. The summed E-state index contributed by atoms with van der Waals surface area (Å²) in [4.78, 5) is 0. The van der Waals surface area contributed by atoms with Crippen molar-refractivity contribution < 1.29 is 9.47 Å². The van der Waals surface area contributed by atoms with E-state index in [9.17, 15) is 0 Å². The van der Waals surface area contributed by atoms with Crippen molar-refractivity contribution >= 4 is 11.8 Å². The van der Waals surface area contributed by atoms with Gasteiger partial charge in [-0.15, -0.1) is 11.8 Å². The Morgan fingerprint density at radius 1 is 1.44 bits per heavy atom. The van der Waals surface area contributed by atoms with Gasteiger partial charge in [-0.05, 0) is 12.5 Å². The van der Waals surface area contributed by atoms with Crippen LogP contribution >= 0.6 is 11.8 Å². The summed E-state index contributed by atoms with van der Waals surface area (Å²) in [5.74, 6) is 0.930. The predicted molar refractivity (Wildman–Crippen MR) is 76.2 cm³/mol. The highest BCUT2D eigenvalue weighted by Crippen LogP contribution is 2.41. The van der Waals surface area contributed by atoms with Crippen molar-refractivity contribution in [1.82, 2.24) is 0 Å². The Morgan fingerprint density at radius 3 is 2.72 bits per heavy atom. The Kier molecular flexibility index (Phi) is 4.92. The van der Waals surface area contributed by atoms with Crippen LogP contribution in [0.15, 0.2) is 24.3 Å². The van der Waals surface area contributed by atoms with Gasteiger partial charge in [-0.25, -0.2) is 0 Å². The highest BCUT2D eigenvalue weighted by Gasteiger charge is 2.29. The first kappa shape index (κ1) is 13.7. The molecule has 0 saturated carbocycles. The lowest BCUT2D eigenvalue weighted by Crippen LogP contribution is -2.35. The molecule has 1 aliphatic rings. The monoisotopic (exact) mass is 267 g/mol. The quantitative estimate of drug-likeness (QED) is 0.860. The molecule has 1 aromatic rings. The predicted octanol–water partition coefficient (Wildman–Crippen LogP) is 2.61. The van der Waals surface area contributed by atoms with Crippen molar-refractivity contribution in [2.24, 2.45) is 5.73 Å². The molecule has 18 heavy (non-hydrogen) atoms. The molecule has 1 saturated heterocycles. The maximum Gasteiger partial charge on any atom is 0.123 e. The molecule has 0 radical (unpaired) electrons. The smallest absolute Gasteiger partial charge is 0.123 e. The number of hydrogen-bond acceptors (Lipinski definition) is 4. The first-order valence-corrected chi connectivity index (χ1v) is 7.32. The van der Waals surface area contributed by atoms with Gasteiger partial charge in [0, 0.05) is 16.9 Å². The second-order valence-corrected chi connectivity index (χ2v) is 5.98. The van der Waals surface area contributed by atoms with Crippen molar-refractivity contribution in [3.05, 3.63) is 29.8 Å². The third-order valence-electron chi connectivity index (χ3n) is 3.25. The van der Waals surface area contributed by atoms with Crippen LogP contribution in [0.25, 0.3) is 0 Å². The van der Waals surface area contributed by atoms with Crippen LogP contribution in [0.4, 0.5) is 0 Å². The topological polar surface area (TPSA) is 44.5 Å². The van der Waals surface area contributed by atoms with Gasteiger partial charge in [0.15, 0.2) is 0 Å². The van der Waals surface area contributed by atoms with Crippen molar-refractivity contribution in [3.63, 3.8) is 0 Å². The Morgan fingerprint density at radius 2 is 2.17 bits per heavy atom. The normalized spacial score (nSPS) is 19.1. The van der Waals surface area contributed by atoms with E-state index in [4.69, 9.17) is 15.2 Å². The molecule has 0 amide bonds. The van der Waals surface area contributed by atoms with Gasteiger partial charge in [-0.2, -0.15) is 0 Å². The molecule has 0 spiro atoms. The summed E-state index contributed by atoms with van der Waals surface area (Å²) in [6, 6.07) is 8.31. The van der Waals surface area contributed by atoms with E-state index in [0.29, 0.717) is 5.25 Å². The fourth-order valence-corrected chi connectivity index (χ4v) is 3.52. The van der Waals surface area contributed by atoms with E-state index in [0.717, 1.165) is 25.4 Å². The third-order valence-corrected chi connectivity index (χ3v) is 4.81. The van der Waals surface area contributed by atoms with Crippen LogP contribution in [0.1, 0.15) is 24.2 Å². The Bertz CT molecular complexity index is 382. The van der Waals surface area contributed by atoms with E-state index in [1.807, 2.05) is 30.0 Å². The average Bonchev–Trinajstić information content (AvgIpc) is 2.37. The van der Waals surface area contributed by atoms with Crippen LogP contribution in [0.5, 0.6) is 5.75 Å². The van der Waals surface area contributed by atoms with Crippen molar-refractivity contribution in [3.8, 4) is 5.75 Å². The van der Waals surface area contributed by atoms with Gasteiger partial charge in [-0.3, -0.25) is 0 Å². The van der Waals surface area contributed by atoms with Gasteiger partial charge in [0.05, 0.1) is 25.6 Å². The number of thioether (sulfide) groups is 1. The third kappa shape index (κ3) is 2.99. The van der Waals surface area contributed by atoms with Gasteiger partial charge in [0.25, 0.3) is 0 Å². The van der Waals surface area contributed by atoms with Crippen LogP contribution < -0.4 is 10.5 Å². The lowest BCUT2D eigenvalue weighted by Gasteiger charge is -2.32. The van der Waals surface area contributed by atoms with Crippen LogP contribution in [0.3, 0.4) is 0 Å². The molecule has 0 aromatic heterocycles. The minimum atomic E-state index is 0.145. The Labute approximate surface area is 113 Å². The second kappa shape index (κ2) is 6.45. The fraction of sp³-hybridized carbons (Fsp3) is 0.571. The molecule has 1 aromatic carbocycles. The number of rotatable bonds is 6. The van der Waals surface area contributed by atoms with Gasteiger partial charge in [-0.1, -0.05) is 25.1 Å². The van der Waals surface area contributed by atoms with Crippen LogP contribution in [0, 0.1) is 0 Å². The minimum Gasteiger partial charge on any atom is -0.496 e. The number of benzene rings is 1. The summed E-state index contributed by atoms with van der Waals surface area (Å²) in [5, 5.41) is 0.845. The van der Waals surface area contributed by atoms with Crippen LogP contribution in [-0.2, 0) is 4.74 Å². The maximum absolute atomic E-state index is 6.28. The molecule has 1 heterocycles. The van der Waals surface area contributed by atoms with E-state index in [1.165, 1.54) is 5.56 Å². The van der Waals surface area contributed by atoms with Crippen molar-refractivity contribution in [1.29, 1.82) is 0 Å². The number of methoxy groups -OCH3 is 1. The van der Waals surface area contributed by atoms with E-state index >= 15 is 0 Å². The molecule has 100 valence electrons. The maximum atomic E-state index is 6.28. The Balaban J connectivity index is 2.20. The molecule has 2 atom stereocenters. The van der Waals surface area contributed by atoms with E-state index in [1.54, 1.807) is 7.11 Å². The zero-order valence-electron chi connectivity index (χ0n) is 11.0. The molecular formula is C14H21NO2S. The SMILES string of the molecule is CCC(N)C(SC1COC1)c1ccccc1OC. The van der Waals surface area contributed by atoms with Crippen molar-refractivity contribution in [2.45, 2.75) is 29.9 Å². The highest BCUT2D eigenvalue weighted by atomic mass is 32.2. The van der Waals surface area contributed by atoms with Crippen molar-refractivity contribution in [2.75, 3.05) is 20.3 Å². The minimum absolute atomic E-state index is 0.145. The largest absolute Gasteiger partial charge is 0.496 e. The summed E-state index contributed by atoms with van der Waals surface area (Å²) in [6.07, 6.45) is 0.962. The zero-order valence-corrected chi connectivity index (χ0v) is 11.8. The molecule has 0 aliphatic carbocycles. The van der Waals surface area contributed by atoms with Crippen LogP contribution in [0.2, 0.25) is 0 Å². The zero-order chi connectivity index (χ0) is 13.0. The number of ether oxygens (including phenoxy) is 2. The number of hydrogen-bond donors (Lipinski definition) is 1. The van der Waals surface area contributed by atoms with Crippen LogP contribution in [-0.4, -0.2) is 31.6 Å². The molecular weight excluding hydrogens is 246 g/mol. The van der Waals surface area contributed by atoms with Gasteiger partial charge < -0.3 is 15.2 Å². The number of para-hydroxylation sites is 1. The van der Waals surface area contributed by atoms with Gasteiger partial charge >= 0.3 is 0 Å². The molecule has 3 nitrogen and oxygen atoms in total. The molecule has 2 unspecified atom stereocenters. The second-order valence-electron chi connectivity index (χ2n) is 4.53. The lowest BCUT2D eigenvalue weighted by molar-refractivity contribution is 0.0452. The summed E-state index contributed by atoms with van der Waals surface area (Å²) >= 11 is 1.92. The molecule has 1 aliphatic heterocycles. The summed E-state index contributed by atoms with van der Waals surface area (Å²) in [7, 11) is 1.71. The highest BCUT2D eigenvalue weighted by molar-refractivity contribution is 8.00. The Hall–Kier alpha value is -0.710. The van der Waals surface area contributed by atoms with Gasteiger partial charge in [0.1, 0.15) is 5.75 Å². The summed E-state index contributed by atoms with van der Waals surface area (Å²) in [5.41, 5.74) is 7.48. The molecule has 4 heteroatoms. The molecule has 1 fully saturated rings. The average molecular weight is 267 g/mol. The standard InChI is InChI=1S/C14H21NO2S/c1-3-12(15)14(18-10-8-17-9-10)11-6-4-5-7-13(11)16-2/h4-7,10,12,14H,3,8-9,15H2,1-2H3. The summed E-state index contributed by atoms with van der Waals surface area (Å²) < 4.78 is 10.7. The molecule has 2 rings (SSSR count). The van der Waals surface area contributed by atoms with E-state index < -0.39 is 0 Å². The van der Waals surface area contributed by atoms with Gasteiger partial charge in [0.2, 0.25) is 0 Å². The lowest BCUT2D eigenvalue weighted by atomic mass is 10.0. The first-order valence-electron chi connectivity index (χ1n) is 6.38. The summed E-state index contributed by atoms with van der Waals surface area (Å²) in [6.45, 7) is 3.81. The first-order chi connectivity index (χ1) is 8.76.